The zero-order valence-electron chi connectivity index (χ0n) is 19.5. The van der Waals surface area contributed by atoms with Crippen LogP contribution in [0.15, 0.2) is 51.7 Å². The predicted molar refractivity (Wildman–Crippen MR) is 154 cm³/mol. The van der Waals surface area contributed by atoms with Gasteiger partial charge < -0.3 is 28.3 Å². The van der Waals surface area contributed by atoms with Crippen LogP contribution in [0.2, 0.25) is 0 Å². The molecular formula is C28H27F2IN2O6. The third kappa shape index (κ3) is 5.22. The first kappa shape index (κ1) is 29.7. The summed E-state index contributed by atoms with van der Waals surface area (Å²) in [5, 5.41) is 2.17. The van der Waals surface area contributed by atoms with E-state index in [1.807, 2.05) is 22.6 Å². The topological polar surface area (TPSA) is 110 Å². The molecule has 4 aromatic heterocycles. The van der Waals surface area contributed by atoms with Crippen LogP contribution in [0, 0.1) is 15.2 Å². The average molecular weight is 652 g/mol. The lowest BCUT2D eigenvalue weighted by Crippen LogP contribution is -2.06. The van der Waals surface area contributed by atoms with Crippen LogP contribution in [0.25, 0.3) is 43.7 Å². The molecule has 8 nitrogen and oxygen atoms in total. The zero-order valence-corrected chi connectivity index (χ0v) is 21.7. The first-order chi connectivity index (χ1) is 17.8. The van der Waals surface area contributed by atoms with Gasteiger partial charge in [-0.2, -0.15) is 0 Å². The number of hydrogen-bond acceptors (Lipinski definition) is 6. The summed E-state index contributed by atoms with van der Waals surface area (Å²) in [6.07, 6.45) is 2.85. The minimum atomic E-state index is -0.464. The van der Waals surface area contributed by atoms with Crippen LogP contribution in [-0.2, 0) is 9.47 Å². The van der Waals surface area contributed by atoms with Crippen LogP contribution >= 0.6 is 22.6 Å². The molecule has 0 aliphatic carbocycles. The highest BCUT2D eigenvalue weighted by molar-refractivity contribution is 14.1. The third-order valence-corrected chi connectivity index (χ3v) is 6.73. The van der Waals surface area contributed by atoms with E-state index >= 15 is 0 Å². The van der Waals surface area contributed by atoms with Gasteiger partial charge in [-0.05, 0) is 66.8 Å². The molecule has 2 N–H and O–H groups in total. The number of carbonyl (C=O) groups excluding carboxylic acids is 2. The van der Waals surface area contributed by atoms with E-state index in [2.05, 4.69) is 9.97 Å². The first-order valence-electron chi connectivity index (χ1n) is 11.2. The van der Waals surface area contributed by atoms with E-state index in [1.165, 1.54) is 24.7 Å². The summed E-state index contributed by atoms with van der Waals surface area (Å²) in [5.41, 5.74) is 2.50. The molecule has 0 atom stereocenters. The summed E-state index contributed by atoms with van der Waals surface area (Å²) in [6, 6.07) is 7.44. The summed E-state index contributed by atoms with van der Waals surface area (Å²) in [6.45, 7) is 4.04. The molecule has 6 aromatic rings. The molecule has 0 unspecified atom stereocenters. The molecule has 0 saturated heterocycles. The first-order valence-corrected chi connectivity index (χ1v) is 12.3. The van der Waals surface area contributed by atoms with E-state index in [1.54, 1.807) is 32.0 Å². The largest absolute Gasteiger partial charge is 0.464 e. The van der Waals surface area contributed by atoms with Crippen molar-refractivity contribution in [1.29, 1.82) is 0 Å². The molecule has 4 heterocycles. The Labute approximate surface area is 235 Å². The van der Waals surface area contributed by atoms with Crippen molar-refractivity contribution in [3.8, 4) is 0 Å². The van der Waals surface area contributed by atoms with E-state index in [0.717, 1.165) is 0 Å². The Bertz CT molecular complexity index is 1800. The molecule has 0 spiro atoms. The number of carbonyl (C=O) groups is 2. The van der Waals surface area contributed by atoms with E-state index in [9.17, 15) is 18.4 Å². The normalized spacial score (nSPS) is 10.7. The number of aromatic nitrogens is 2. The lowest BCUT2D eigenvalue weighted by atomic mass is 10.2. The average Bonchev–Trinajstić information content (AvgIpc) is 3.65. The Morgan fingerprint density at radius 2 is 1.38 bits per heavy atom. The molecule has 0 fully saturated rings. The standard InChI is InChI=1S/C13H9FINO3.C13H10FNO3.2CH4/c1-2-18-13(17)11-10(15)9-8(16-11)5-7(14)6-3-4-19-12(6)9;1-2-17-13(16)11-5-8-10(15-11)6-9(14)7-3-4-18-12(7)8;;/h3-5,16H,2H2,1H3;3-6,15H,2H2,1H3;2*1H4. The monoisotopic (exact) mass is 652 g/mol. The van der Waals surface area contributed by atoms with Crippen molar-refractivity contribution in [1.82, 2.24) is 9.97 Å². The van der Waals surface area contributed by atoms with Crippen LogP contribution in [0.1, 0.15) is 49.7 Å². The van der Waals surface area contributed by atoms with Gasteiger partial charge in [0, 0.05) is 5.39 Å². The number of H-pyrrole nitrogens is 2. The van der Waals surface area contributed by atoms with Crippen LogP contribution in [0.3, 0.4) is 0 Å². The quantitative estimate of drug-likeness (QED) is 0.146. The molecule has 39 heavy (non-hydrogen) atoms. The summed E-state index contributed by atoms with van der Waals surface area (Å²) >= 11 is 2.03. The van der Waals surface area contributed by atoms with Gasteiger partial charge in [-0.1, -0.05) is 14.9 Å². The molecule has 0 saturated carbocycles. The number of fused-ring (bicyclic) bond motifs is 6. The van der Waals surface area contributed by atoms with E-state index in [4.69, 9.17) is 18.3 Å². The highest BCUT2D eigenvalue weighted by Gasteiger charge is 2.21. The van der Waals surface area contributed by atoms with Gasteiger partial charge in [-0.3, -0.25) is 0 Å². The van der Waals surface area contributed by atoms with Crippen LogP contribution < -0.4 is 0 Å². The SMILES string of the molecule is C.C.CCOC(=O)c1[nH]c2cc(F)c3ccoc3c2c1I.CCOC(=O)c1cc2c(cc(F)c3ccoc32)[nH]1. The Hall–Kier alpha value is -3.87. The maximum atomic E-state index is 13.8. The van der Waals surface area contributed by atoms with Gasteiger partial charge in [0.25, 0.3) is 0 Å². The third-order valence-electron chi connectivity index (χ3n) is 5.65. The fraction of sp³-hybridized carbons (Fsp3) is 0.214. The van der Waals surface area contributed by atoms with Crippen molar-refractivity contribution in [3.05, 3.63) is 69.5 Å². The molecule has 0 amide bonds. The van der Waals surface area contributed by atoms with Crippen molar-refractivity contribution >= 4 is 78.3 Å². The van der Waals surface area contributed by atoms with Crippen LogP contribution in [0.4, 0.5) is 8.78 Å². The van der Waals surface area contributed by atoms with E-state index in [-0.39, 0.29) is 38.8 Å². The van der Waals surface area contributed by atoms with Gasteiger partial charge in [0.2, 0.25) is 0 Å². The van der Waals surface area contributed by atoms with Gasteiger partial charge in [-0.25, -0.2) is 18.4 Å². The number of ether oxygens (including phenoxy) is 2. The van der Waals surface area contributed by atoms with Gasteiger partial charge in [0.1, 0.15) is 34.2 Å². The second kappa shape index (κ2) is 11.9. The number of halogens is 3. The molecule has 6 rings (SSSR count). The van der Waals surface area contributed by atoms with Crippen molar-refractivity contribution in [2.24, 2.45) is 0 Å². The Kier molecular flexibility index (Phi) is 9.05. The van der Waals surface area contributed by atoms with Crippen LogP contribution in [-0.4, -0.2) is 35.1 Å². The predicted octanol–water partition coefficient (Wildman–Crippen LogP) is 8.34. The molecule has 11 heteroatoms. The van der Waals surface area contributed by atoms with Gasteiger partial charge in [-0.15, -0.1) is 0 Å². The molecule has 0 radical (unpaired) electrons. The van der Waals surface area contributed by atoms with Gasteiger partial charge >= 0.3 is 11.9 Å². The number of benzene rings is 2. The Balaban J connectivity index is 0.000000205. The van der Waals surface area contributed by atoms with Crippen molar-refractivity contribution in [3.63, 3.8) is 0 Å². The van der Waals surface area contributed by atoms with Gasteiger partial charge in [0.15, 0.2) is 0 Å². The zero-order chi connectivity index (χ0) is 26.3. The maximum absolute atomic E-state index is 13.8. The lowest BCUT2D eigenvalue weighted by Gasteiger charge is -1.98. The number of nitrogens with one attached hydrogen (secondary N) is 2. The molecule has 0 aliphatic heterocycles. The fourth-order valence-corrected chi connectivity index (χ4v) is 4.96. The van der Waals surface area contributed by atoms with Crippen molar-refractivity contribution in [2.45, 2.75) is 28.7 Å². The molecule has 206 valence electrons. The second-order valence-electron chi connectivity index (χ2n) is 7.87. The number of esters is 2. The lowest BCUT2D eigenvalue weighted by molar-refractivity contribution is 0.0510. The van der Waals surface area contributed by atoms with Crippen LogP contribution in [0.5, 0.6) is 0 Å². The molecule has 2 aromatic carbocycles. The number of hydrogen-bond donors (Lipinski definition) is 2. The second-order valence-corrected chi connectivity index (χ2v) is 8.94. The number of furan rings is 2. The Morgan fingerprint density at radius 3 is 2.03 bits per heavy atom. The molecular weight excluding hydrogens is 625 g/mol. The van der Waals surface area contributed by atoms with Crippen molar-refractivity contribution < 1.29 is 36.7 Å². The number of rotatable bonds is 4. The van der Waals surface area contributed by atoms with E-state index in [0.29, 0.717) is 59.6 Å². The molecule has 0 aliphatic rings. The summed E-state index contributed by atoms with van der Waals surface area (Å²) in [5.74, 6) is -1.69. The van der Waals surface area contributed by atoms with Crippen molar-refractivity contribution in [2.75, 3.05) is 13.2 Å². The smallest absolute Gasteiger partial charge is 0.355 e. The molecule has 0 bridgehead atoms. The number of aromatic amines is 2. The highest BCUT2D eigenvalue weighted by Crippen LogP contribution is 2.34. The minimum absolute atomic E-state index is 0. The Morgan fingerprint density at radius 1 is 0.821 bits per heavy atom. The highest BCUT2D eigenvalue weighted by atomic mass is 127. The van der Waals surface area contributed by atoms with E-state index < -0.39 is 11.9 Å². The van der Waals surface area contributed by atoms with Gasteiger partial charge in [0.05, 0.1) is 56.5 Å². The summed E-state index contributed by atoms with van der Waals surface area (Å²) in [7, 11) is 0. The fourth-order valence-electron chi connectivity index (χ4n) is 4.07. The summed E-state index contributed by atoms with van der Waals surface area (Å²) in [4.78, 5) is 29.1. The maximum Gasteiger partial charge on any atom is 0.355 e. The summed E-state index contributed by atoms with van der Waals surface area (Å²) < 4.78 is 48.7. The minimum Gasteiger partial charge on any atom is -0.464 e.